The monoisotopic (exact) mass is 292 g/mol. The van der Waals surface area contributed by atoms with Gasteiger partial charge in [0, 0.05) is 25.4 Å². The van der Waals surface area contributed by atoms with E-state index in [2.05, 4.69) is 10.6 Å². The number of halogens is 1. The van der Waals surface area contributed by atoms with E-state index in [9.17, 15) is 9.59 Å². The van der Waals surface area contributed by atoms with Crippen LogP contribution in [0, 0.1) is 0 Å². The van der Waals surface area contributed by atoms with Gasteiger partial charge in [0.2, 0.25) is 5.91 Å². The Hall–Kier alpha value is -0.970. The van der Waals surface area contributed by atoms with E-state index in [0.29, 0.717) is 31.8 Å². The van der Waals surface area contributed by atoms with Gasteiger partial charge in [-0.25, -0.2) is 4.79 Å². The second-order valence-electron chi connectivity index (χ2n) is 5.28. The number of nitrogens with one attached hydrogen (secondary N) is 2. The van der Waals surface area contributed by atoms with Crippen LogP contribution in [-0.4, -0.2) is 36.6 Å². The van der Waals surface area contributed by atoms with Crippen molar-refractivity contribution in [2.24, 2.45) is 0 Å². The van der Waals surface area contributed by atoms with Gasteiger partial charge in [-0.2, -0.15) is 0 Å². The van der Waals surface area contributed by atoms with Crippen LogP contribution in [-0.2, 0) is 9.53 Å². The lowest BCUT2D eigenvalue weighted by atomic mass is 10.2. The number of carbonyl (C=O) groups excluding carboxylic acids is 2. The Morgan fingerprint density at radius 1 is 1.05 bits per heavy atom. The Morgan fingerprint density at radius 2 is 1.68 bits per heavy atom. The van der Waals surface area contributed by atoms with Crippen molar-refractivity contribution in [1.82, 2.24) is 10.6 Å². The standard InChI is InChI=1S/C13H25ClN2O3/c1-13(2,3)19-12(18)16-10-6-9-15-11(17)7-4-5-8-14/h4-10H2,1-3H3,(H,15,17)(H,16,18). The van der Waals surface area contributed by atoms with Crippen molar-refractivity contribution in [2.75, 3.05) is 19.0 Å². The van der Waals surface area contributed by atoms with Crippen molar-refractivity contribution in [3.8, 4) is 0 Å². The van der Waals surface area contributed by atoms with Gasteiger partial charge in [0.1, 0.15) is 5.60 Å². The van der Waals surface area contributed by atoms with Crippen molar-refractivity contribution in [3.63, 3.8) is 0 Å². The van der Waals surface area contributed by atoms with Gasteiger partial charge in [0.25, 0.3) is 0 Å². The Balaban J connectivity index is 3.44. The molecule has 112 valence electrons. The van der Waals surface area contributed by atoms with E-state index < -0.39 is 11.7 Å². The Morgan fingerprint density at radius 3 is 2.26 bits per heavy atom. The molecule has 0 aromatic rings. The first-order valence-corrected chi connectivity index (χ1v) is 7.18. The lowest BCUT2D eigenvalue weighted by Crippen LogP contribution is -2.34. The Kier molecular flexibility index (Phi) is 9.39. The van der Waals surface area contributed by atoms with Gasteiger partial charge in [-0.15, -0.1) is 11.6 Å². The molecule has 2 N–H and O–H groups in total. The molecule has 5 nitrogen and oxygen atoms in total. The number of alkyl carbamates (subject to hydrolysis) is 1. The number of amides is 2. The van der Waals surface area contributed by atoms with E-state index in [0.717, 1.165) is 12.8 Å². The van der Waals surface area contributed by atoms with Crippen molar-refractivity contribution < 1.29 is 14.3 Å². The summed E-state index contributed by atoms with van der Waals surface area (Å²) in [5.74, 6) is 0.620. The maximum atomic E-state index is 11.3. The van der Waals surface area contributed by atoms with Gasteiger partial charge < -0.3 is 15.4 Å². The summed E-state index contributed by atoms with van der Waals surface area (Å²) in [7, 11) is 0. The summed E-state index contributed by atoms with van der Waals surface area (Å²) in [6.45, 7) is 6.47. The minimum Gasteiger partial charge on any atom is -0.444 e. The zero-order valence-electron chi connectivity index (χ0n) is 12.1. The van der Waals surface area contributed by atoms with Gasteiger partial charge in [0.05, 0.1) is 0 Å². The third-order valence-corrected chi connectivity index (χ3v) is 2.40. The molecule has 2 amide bonds. The van der Waals surface area contributed by atoms with Crippen LogP contribution in [0.2, 0.25) is 0 Å². The summed E-state index contributed by atoms with van der Waals surface area (Å²) in [6, 6.07) is 0. The van der Waals surface area contributed by atoms with Crippen molar-refractivity contribution in [2.45, 2.75) is 52.1 Å². The summed E-state index contributed by atoms with van der Waals surface area (Å²) < 4.78 is 5.08. The molecular formula is C13H25ClN2O3. The summed E-state index contributed by atoms with van der Waals surface area (Å²) in [5.41, 5.74) is -0.485. The number of hydrogen-bond acceptors (Lipinski definition) is 3. The van der Waals surface area contributed by atoms with Crippen LogP contribution in [0.15, 0.2) is 0 Å². The molecule has 0 aromatic carbocycles. The van der Waals surface area contributed by atoms with Gasteiger partial charge in [0.15, 0.2) is 0 Å². The van der Waals surface area contributed by atoms with Crippen LogP contribution in [0.3, 0.4) is 0 Å². The minimum atomic E-state index is -0.485. The molecule has 0 saturated carbocycles. The van der Waals surface area contributed by atoms with E-state index in [1.165, 1.54) is 0 Å². The normalized spacial score (nSPS) is 10.9. The summed E-state index contributed by atoms with van der Waals surface area (Å²) in [6.07, 6.45) is 2.42. The number of unbranched alkanes of at least 4 members (excludes halogenated alkanes) is 1. The summed E-state index contributed by atoms with van der Waals surface area (Å²) in [4.78, 5) is 22.6. The number of hydrogen-bond donors (Lipinski definition) is 2. The molecule has 0 bridgehead atoms. The number of ether oxygens (including phenoxy) is 1. The highest BCUT2D eigenvalue weighted by Gasteiger charge is 2.15. The van der Waals surface area contributed by atoms with Crippen molar-refractivity contribution >= 4 is 23.6 Å². The largest absolute Gasteiger partial charge is 0.444 e. The van der Waals surface area contributed by atoms with Crippen LogP contribution in [0.4, 0.5) is 4.79 Å². The topological polar surface area (TPSA) is 67.4 Å². The second-order valence-corrected chi connectivity index (χ2v) is 5.66. The molecule has 0 saturated heterocycles. The van der Waals surface area contributed by atoms with E-state index in [1.54, 1.807) is 0 Å². The number of carbonyl (C=O) groups is 2. The van der Waals surface area contributed by atoms with Gasteiger partial charge in [-0.1, -0.05) is 0 Å². The Bertz CT molecular complexity index is 278. The summed E-state index contributed by atoms with van der Waals surface area (Å²) in [5, 5.41) is 5.42. The maximum absolute atomic E-state index is 11.3. The zero-order chi connectivity index (χ0) is 14.7. The molecule has 0 aliphatic carbocycles. The SMILES string of the molecule is CC(C)(C)OC(=O)NCCCNC(=O)CCCCCl. The maximum Gasteiger partial charge on any atom is 0.407 e. The van der Waals surface area contributed by atoms with E-state index in [1.807, 2.05) is 20.8 Å². The van der Waals surface area contributed by atoms with Crippen LogP contribution >= 0.6 is 11.6 Å². The van der Waals surface area contributed by atoms with Crippen molar-refractivity contribution in [1.29, 1.82) is 0 Å². The lowest BCUT2D eigenvalue weighted by molar-refractivity contribution is -0.121. The second kappa shape index (κ2) is 9.89. The van der Waals surface area contributed by atoms with Gasteiger partial charge in [-0.05, 0) is 40.0 Å². The third kappa shape index (κ3) is 13.3. The predicted octanol–water partition coefficient (Wildman–Crippen LogP) is 2.43. The van der Waals surface area contributed by atoms with Crippen molar-refractivity contribution in [3.05, 3.63) is 0 Å². The zero-order valence-corrected chi connectivity index (χ0v) is 12.8. The molecule has 6 heteroatoms. The van der Waals surface area contributed by atoms with Crippen LogP contribution in [0.25, 0.3) is 0 Å². The molecular weight excluding hydrogens is 268 g/mol. The highest BCUT2D eigenvalue weighted by Crippen LogP contribution is 2.06. The highest BCUT2D eigenvalue weighted by atomic mass is 35.5. The molecule has 0 atom stereocenters. The first-order valence-electron chi connectivity index (χ1n) is 6.64. The molecule has 0 rings (SSSR count). The minimum absolute atomic E-state index is 0.0300. The molecule has 19 heavy (non-hydrogen) atoms. The molecule has 0 heterocycles. The fraction of sp³-hybridized carbons (Fsp3) is 0.846. The molecule has 0 aromatic heterocycles. The summed E-state index contributed by atoms with van der Waals surface area (Å²) >= 11 is 5.52. The predicted molar refractivity (Wildman–Crippen MR) is 76.4 cm³/mol. The third-order valence-electron chi connectivity index (χ3n) is 2.13. The number of rotatable bonds is 8. The molecule has 0 aliphatic heterocycles. The quantitative estimate of drug-likeness (QED) is 0.533. The van der Waals surface area contributed by atoms with Crippen LogP contribution in [0.5, 0.6) is 0 Å². The fourth-order valence-electron chi connectivity index (χ4n) is 1.29. The smallest absolute Gasteiger partial charge is 0.407 e. The lowest BCUT2D eigenvalue weighted by Gasteiger charge is -2.19. The molecule has 0 radical (unpaired) electrons. The first kappa shape index (κ1) is 18.0. The van der Waals surface area contributed by atoms with E-state index >= 15 is 0 Å². The van der Waals surface area contributed by atoms with E-state index in [-0.39, 0.29) is 5.91 Å². The number of alkyl halides is 1. The molecule has 0 unspecified atom stereocenters. The highest BCUT2D eigenvalue weighted by molar-refractivity contribution is 6.17. The first-order chi connectivity index (χ1) is 8.85. The molecule has 0 spiro atoms. The van der Waals surface area contributed by atoms with E-state index in [4.69, 9.17) is 16.3 Å². The molecule has 0 fully saturated rings. The van der Waals surface area contributed by atoms with Gasteiger partial charge in [-0.3, -0.25) is 4.79 Å². The molecule has 0 aliphatic rings. The van der Waals surface area contributed by atoms with Crippen LogP contribution in [0.1, 0.15) is 46.5 Å². The Labute approximate surface area is 120 Å². The van der Waals surface area contributed by atoms with Gasteiger partial charge >= 0.3 is 6.09 Å². The van der Waals surface area contributed by atoms with Crippen LogP contribution < -0.4 is 10.6 Å². The average Bonchev–Trinajstić information content (AvgIpc) is 2.26. The average molecular weight is 293 g/mol. The fourth-order valence-corrected chi connectivity index (χ4v) is 1.48.